The zero-order valence-electron chi connectivity index (χ0n) is 20.8. The van der Waals surface area contributed by atoms with Crippen molar-refractivity contribution < 1.29 is 23.8 Å². The van der Waals surface area contributed by atoms with Crippen molar-refractivity contribution in [2.75, 3.05) is 20.3 Å². The van der Waals surface area contributed by atoms with Crippen LogP contribution in [0, 0.1) is 25.2 Å². The van der Waals surface area contributed by atoms with E-state index in [0.717, 1.165) is 34.2 Å². The smallest absolute Gasteiger partial charge is 0.293 e. The summed E-state index contributed by atoms with van der Waals surface area (Å²) in [4.78, 5) is 26.9. The lowest BCUT2D eigenvalue weighted by atomic mass is 10.1. The Morgan fingerprint density at radius 3 is 2.57 bits per heavy atom. The van der Waals surface area contributed by atoms with Crippen LogP contribution in [-0.4, -0.2) is 36.3 Å². The van der Waals surface area contributed by atoms with E-state index in [1.807, 2.05) is 44.2 Å². The minimum Gasteiger partial charge on any atom is -0.493 e. The number of rotatable bonds is 9. The lowest BCUT2D eigenvalue weighted by Crippen LogP contribution is -2.32. The molecule has 0 aromatic heterocycles. The maximum atomic E-state index is 12.9. The predicted octanol–water partition coefficient (Wildman–Crippen LogP) is 5.88. The van der Waals surface area contributed by atoms with Gasteiger partial charge in [0.1, 0.15) is 19.0 Å². The Bertz CT molecular complexity index is 1410. The molecular weight excluding hydrogens is 488 g/mol. The van der Waals surface area contributed by atoms with Crippen molar-refractivity contribution >= 4 is 29.0 Å². The van der Waals surface area contributed by atoms with E-state index in [2.05, 4.69) is 6.07 Å². The fourth-order valence-electron chi connectivity index (χ4n) is 3.76. The van der Waals surface area contributed by atoms with Gasteiger partial charge in [0.25, 0.3) is 11.1 Å². The first kappa shape index (κ1) is 25.9. The molecule has 3 aromatic carbocycles. The summed E-state index contributed by atoms with van der Waals surface area (Å²) >= 11 is 0.898. The third-order valence-electron chi connectivity index (χ3n) is 5.80. The Kier molecular flexibility index (Phi) is 8.16. The number of ether oxygens (including phenoxy) is 3. The highest BCUT2D eigenvalue weighted by Gasteiger charge is 2.34. The third kappa shape index (κ3) is 6.13. The van der Waals surface area contributed by atoms with E-state index in [0.29, 0.717) is 27.5 Å². The maximum Gasteiger partial charge on any atom is 0.293 e. The third-order valence-corrected chi connectivity index (χ3v) is 6.70. The minimum absolute atomic E-state index is 0.162. The van der Waals surface area contributed by atoms with E-state index in [1.54, 1.807) is 36.4 Å². The average molecular weight is 515 g/mol. The zero-order chi connectivity index (χ0) is 26.4. The molecule has 0 atom stereocenters. The minimum atomic E-state index is -0.355. The molecular formula is C29H26N2O5S. The average Bonchev–Trinajstić information content (AvgIpc) is 3.17. The molecule has 4 rings (SSSR count). The molecule has 1 saturated heterocycles. The van der Waals surface area contributed by atoms with Crippen LogP contribution in [0.5, 0.6) is 17.2 Å². The monoisotopic (exact) mass is 514 g/mol. The Morgan fingerprint density at radius 2 is 1.78 bits per heavy atom. The number of hydrogen-bond acceptors (Lipinski definition) is 7. The van der Waals surface area contributed by atoms with Gasteiger partial charge in [0.05, 0.1) is 30.2 Å². The van der Waals surface area contributed by atoms with Crippen molar-refractivity contribution in [1.29, 1.82) is 5.26 Å². The molecule has 0 saturated carbocycles. The molecule has 0 bridgehead atoms. The fourth-order valence-corrected chi connectivity index (χ4v) is 4.62. The van der Waals surface area contributed by atoms with Crippen molar-refractivity contribution in [3.8, 4) is 23.3 Å². The number of carbonyl (C=O) groups is 2. The van der Waals surface area contributed by atoms with Gasteiger partial charge in [-0.3, -0.25) is 14.5 Å². The van der Waals surface area contributed by atoms with Crippen LogP contribution < -0.4 is 14.2 Å². The highest BCUT2D eigenvalue weighted by atomic mass is 32.2. The molecule has 1 heterocycles. The molecule has 7 nitrogen and oxygen atoms in total. The van der Waals surface area contributed by atoms with Gasteiger partial charge in [-0.05, 0) is 72.6 Å². The Hall–Kier alpha value is -4.22. The summed E-state index contributed by atoms with van der Waals surface area (Å²) in [5.74, 6) is 1.37. The van der Waals surface area contributed by atoms with Gasteiger partial charge < -0.3 is 14.2 Å². The first-order valence-electron chi connectivity index (χ1n) is 11.6. The molecule has 2 amide bonds. The van der Waals surface area contributed by atoms with Crippen LogP contribution in [0.2, 0.25) is 0 Å². The molecule has 0 aliphatic carbocycles. The van der Waals surface area contributed by atoms with Crippen LogP contribution in [0.3, 0.4) is 0 Å². The molecule has 1 fully saturated rings. The van der Waals surface area contributed by atoms with E-state index in [-0.39, 0.29) is 30.9 Å². The van der Waals surface area contributed by atoms with E-state index < -0.39 is 0 Å². The van der Waals surface area contributed by atoms with E-state index in [4.69, 9.17) is 14.2 Å². The Balaban J connectivity index is 1.41. The molecule has 1 aliphatic rings. The lowest BCUT2D eigenvalue weighted by molar-refractivity contribution is -0.123. The SMILES string of the molecule is COc1cc(/C=C2\SC(=O)N(CCOc3cc(C)ccc3C)C2=O)ccc1OCc1ccccc1C#N. The molecule has 188 valence electrons. The first-order valence-corrected chi connectivity index (χ1v) is 12.5. The van der Waals surface area contributed by atoms with Gasteiger partial charge in [-0.25, -0.2) is 0 Å². The summed E-state index contributed by atoms with van der Waals surface area (Å²) in [5, 5.41) is 8.94. The molecule has 8 heteroatoms. The van der Waals surface area contributed by atoms with E-state index >= 15 is 0 Å². The molecule has 37 heavy (non-hydrogen) atoms. The first-order chi connectivity index (χ1) is 17.9. The van der Waals surface area contributed by atoms with Crippen LogP contribution in [-0.2, 0) is 11.4 Å². The normalized spacial score (nSPS) is 14.1. The number of hydrogen-bond donors (Lipinski definition) is 0. The number of nitrogens with zero attached hydrogens (tertiary/aromatic N) is 2. The molecule has 0 N–H and O–H groups in total. The van der Waals surface area contributed by atoms with Crippen molar-refractivity contribution in [3.63, 3.8) is 0 Å². The van der Waals surface area contributed by atoms with Crippen LogP contribution in [0.4, 0.5) is 4.79 Å². The molecule has 0 radical (unpaired) electrons. The highest BCUT2D eigenvalue weighted by molar-refractivity contribution is 8.18. The van der Waals surface area contributed by atoms with Crippen molar-refractivity contribution in [2.45, 2.75) is 20.5 Å². The second kappa shape index (κ2) is 11.7. The number of carbonyl (C=O) groups excluding carboxylic acids is 2. The topological polar surface area (TPSA) is 88.9 Å². The number of thioether (sulfide) groups is 1. The zero-order valence-corrected chi connectivity index (χ0v) is 21.6. The number of methoxy groups -OCH3 is 1. The Labute approximate surface area is 220 Å². The van der Waals surface area contributed by atoms with Crippen molar-refractivity contribution in [3.05, 3.63) is 93.4 Å². The van der Waals surface area contributed by atoms with Gasteiger partial charge in [-0.1, -0.05) is 36.4 Å². The van der Waals surface area contributed by atoms with Gasteiger partial charge in [0.15, 0.2) is 11.5 Å². The van der Waals surface area contributed by atoms with E-state index in [9.17, 15) is 14.9 Å². The molecule has 1 aliphatic heterocycles. The van der Waals surface area contributed by atoms with Crippen molar-refractivity contribution in [1.82, 2.24) is 4.90 Å². The van der Waals surface area contributed by atoms with Crippen LogP contribution in [0.1, 0.15) is 27.8 Å². The quantitative estimate of drug-likeness (QED) is 0.330. The van der Waals surface area contributed by atoms with Gasteiger partial charge >= 0.3 is 0 Å². The summed E-state index contributed by atoms with van der Waals surface area (Å²) in [6.07, 6.45) is 1.66. The summed E-state index contributed by atoms with van der Waals surface area (Å²) in [6.45, 7) is 4.52. The molecule has 0 spiro atoms. The number of aryl methyl sites for hydroxylation is 2. The summed E-state index contributed by atoms with van der Waals surface area (Å²) < 4.78 is 17.2. The summed E-state index contributed by atoms with van der Waals surface area (Å²) in [7, 11) is 1.53. The number of amides is 2. The molecule has 3 aromatic rings. The Morgan fingerprint density at radius 1 is 0.973 bits per heavy atom. The number of nitriles is 1. The highest BCUT2D eigenvalue weighted by Crippen LogP contribution is 2.35. The largest absolute Gasteiger partial charge is 0.493 e. The van der Waals surface area contributed by atoms with Crippen molar-refractivity contribution in [2.24, 2.45) is 0 Å². The van der Waals surface area contributed by atoms with Crippen LogP contribution in [0.25, 0.3) is 6.08 Å². The van der Waals surface area contributed by atoms with Gasteiger partial charge in [0, 0.05) is 5.56 Å². The van der Waals surface area contributed by atoms with E-state index in [1.165, 1.54) is 12.0 Å². The lowest BCUT2D eigenvalue weighted by Gasteiger charge is -2.14. The predicted molar refractivity (Wildman–Crippen MR) is 143 cm³/mol. The number of benzene rings is 3. The molecule has 0 unspecified atom stereocenters. The summed E-state index contributed by atoms with van der Waals surface area (Å²) in [6, 6.07) is 20.6. The second-order valence-electron chi connectivity index (χ2n) is 8.42. The standard InChI is InChI=1S/C29H26N2O5S/c1-19-8-9-20(2)25(14-19)35-13-12-31-28(32)27(37-29(31)33)16-21-10-11-24(26(15-21)34-3)36-18-23-7-5-4-6-22(23)17-30/h4-11,14-16H,12-13,18H2,1-3H3/b27-16-. The van der Waals surface area contributed by atoms with Gasteiger partial charge in [0.2, 0.25) is 0 Å². The second-order valence-corrected chi connectivity index (χ2v) is 9.41. The summed E-state index contributed by atoms with van der Waals surface area (Å²) in [5.41, 5.74) is 4.09. The maximum absolute atomic E-state index is 12.9. The van der Waals surface area contributed by atoms with Crippen LogP contribution in [0.15, 0.2) is 65.6 Å². The van der Waals surface area contributed by atoms with Crippen LogP contribution >= 0.6 is 11.8 Å². The fraction of sp³-hybridized carbons (Fsp3) is 0.207. The number of imide groups is 1. The van der Waals surface area contributed by atoms with Gasteiger partial charge in [-0.15, -0.1) is 0 Å². The van der Waals surface area contributed by atoms with Gasteiger partial charge in [-0.2, -0.15) is 5.26 Å².